The Labute approximate surface area is 101 Å². The highest BCUT2D eigenvalue weighted by molar-refractivity contribution is 7.08. The molecule has 1 aromatic heterocycles. The first kappa shape index (κ1) is 11.6. The second-order valence-electron chi connectivity index (χ2n) is 3.27. The Bertz CT molecular complexity index is 528. The van der Waals surface area contributed by atoms with Gasteiger partial charge in [0.15, 0.2) is 0 Å². The SMILES string of the molecule is NNc1c(F)cccc1C(=O)Nc1ccsc1. The smallest absolute Gasteiger partial charge is 0.257 e. The lowest BCUT2D eigenvalue weighted by atomic mass is 10.1. The summed E-state index contributed by atoms with van der Waals surface area (Å²) in [5.41, 5.74) is 3.02. The van der Waals surface area contributed by atoms with Crippen LogP contribution in [0.2, 0.25) is 0 Å². The summed E-state index contributed by atoms with van der Waals surface area (Å²) in [6.45, 7) is 0. The molecule has 88 valence electrons. The minimum absolute atomic E-state index is 0.0137. The number of hydrogen-bond donors (Lipinski definition) is 3. The highest BCUT2D eigenvalue weighted by atomic mass is 32.1. The molecular formula is C11H10FN3OS. The molecule has 0 aliphatic rings. The second kappa shape index (κ2) is 4.94. The van der Waals surface area contributed by atoms with Crippen molar-refractivity contribution in [1.29, 1.82) is 0 Å². The zero-order valence-electron chi connectivity index (χ0n) is 8.74. The van der Waals surface area contributed by atoms with Gasteiger partial charge in [0, 0.05) is 5.38 Å². The fourth-order valence-electron chi connectivity index (χ4n) is 1.39. The molecule has 2 rings (SSSR count). The molecule has 0 atom stereocenters. The molecule has 1 amide bonds. The van der Waals surface area contributed by atoms with Gasteiger partial charge in [-0.15, -0.1) is 0 Å². The van der Waals surface area contributed by atoms with E-state index < -0.39 is 11.7 Å². The Kier molecular flexibility index (Phi) is 3.36. The second-order valence-corrected chi connectivity index (χ2v) is 4.05. The molecule has 17 heavy (non-hydrogen) atoms. The number of amides is 1. The molecule has 4 nitrogen and oxygen atoms in total. The molecule has 0 aliphatic carbocycles. The monoisotopic (exact) mass is 251 g/mol. The Morgan fingerprint density at radius 3 is 2.82 bits per heavy atom. The number of nitrogens with one attached hydrogen (secondary N) is 2. The quantitative estimate of drug-likeness (QED) is 0.579. The lowest BCUT2D eigenvalue weighted by Crippen LogP contribution is -2.18. The predicted octanol–water partition coefficient (Wildman–Crippen LogP) is 2.43. The van der Waals surface area contributed by atoms with Crippen molar-refractivity contribution in [3.8, 4) is 0 Å². The normalized spacial score (nSPS) is 10.0. The van der Waals surface area contributed by atoms with Gasteiger partial charge in [-0.2, -0.15) is 11.3 Å². The van der Waals surface area contributed by atoms with Crippen LogP contribution in [0, 0.1) is 5.82 Å². The predicted molar refractivity (Wildman–Crippen MR) is 66.5 cm³/mol. The molecule has 1 heterocycles. The van der Waals surface area contributed by atoms with Crippen molar-refractivity contribution < 1.29 is 9.18 Å². The zero-order valence-corrected chi connectivity index (χ0v) is 9.55. The molecule has 0 saturated carbocycles. The maximum atomic E-state index is 13.4. The first-order valence-electron chi connectivity index (χ1n) is 4.81. The molecule has 0 fully saturated rings. The van der Waals surface area contributed by atoms with Crippen molar-refractivity contribution in [2.24, 2.45) is 5.84 Å². The number of carbonyl (C=O) groups is 1. The van der Waals surface area contributed by atoms with Crippen LogP contribution in [0.1, 0.15) is 10.4 Å². The fourth-order valence-corrected chi connectivity index (χ4v) is 1.98. The number of rotatable bonds is 3. The molecule has 0 spiro atoms. The van der Waals surface area contributed by atoms with Crippen molar-refractivity contribution in [2.75, 3.05) is 10.7 Å². The van der Waals surface area contributed by atoms with Gasteiger partial charge in [-0.25, -0.2) is 4.39 Å². The molecule has 0 radical (unpaired) electrons. The molecule has 0 aliphatic heterocycles. The number of carbonyl (C=O) groups excluding carboxylic acids is 1. The number of halogens is 1. The van der Waals surface area contributed by atoms with Crippen LogP contribution in [0.5, 0.6) is 0 Å². The van der Waals surface area contributed by atoms with Gasteiger partial charge < -0.3 is 10.7 Å². The molecule has 0 saturated heterocycles. The molecule has 0 bridgehead atoms. The van der Waals surface area contributed by atoms with E-state index >= 15 is 0 Å². The minimum atomic E-state index is -0.564. The van der Waals surface area contributed by atoms with Crippen LogP contribution in [0.25, 0.3) is 0 Å². The maximum absolute atomic E-state index is 13.4. The van der Waals surface area contributed by atoms with Crippen molar-refractivity contribution in [2.45, 2.75) is 0 Å². The highest BCUT2D eigenvalue weighted by Crippen LogP contribution is 2.20. The van der Waals surface area contributed by atoms with Gasteiger partial charge in [0.25, 0.3) is 5.91 Å². The van der Waals surface area contributed by atoms with Gasteiger partial charge in [-0.05, 0) is 23.6 Å². The minimum Gasteiger partial charge on any atom is -0.321 e. The van der Waals surface area contributed by atoms with E-state index in [4.69, 9.17) is 5.84 Å². The third kappa shape index (κ3) is 2.43. The fraction of sp³-hybridized carbons (Fsp3) is 0. The van der Waals surface area contributed by atoms with E-state index in [0.717, 1.165) is 0 Å². The number of para-hydroxylation sites is 1. The first-order chi connectivity index (χ1) is 8.22. The third-order valence-electron chi connectivity index (χ3n) is 2.18. The van der Waals surface area contributed by atoms with E-state index in [1.807, 2.05) is 5.38 Å². The van der Waals surface area contributed by atoms with Crippen molar-refractivity contribution in [3.05, 3.63) is 46.4 Å². The van der Waals surface area contributed by atoms with Crippen LogP contribution >= 0.6 is 11.3 Å². The Morgan fingerprint density at radius 2 is 2.18 bits per heavy atom. The van der Waals surface area contributed by atoms with Gasteiger partial charge in [0.2, 0.25) is 0 Å². The number of anilines is 2. The number of benzene rings is 1. The number of nitrogens with two attached hydrogens (primary N) is 1. The van der Waals surface area contributed by atoms with Gasteiger partial charge in [0.05, 0.1) is 16.9 Å². The molecule has 0 unspecified atom stereocenters. The van der Waals surface area contributed by atoms with Crippen LogP contribution in [-0.2, 0) is 0 Å². The van der Waals surface area contributed by atoms with Gasteiger partial charge in [0.1, 0.15) is 5.82 Å². The van der Waals surface area contributed by atoms with Crippen molar-refractivity contribution in [1.82, 2.24) is 0 Å². The average Bonchev–Trinajstić information content (AvgIpc) is 2.81. The summed E-state index contributed by atoms with van der Waals surface area (Å²) in [6.07, 6.45) is 0. The molecular weight excluding hydrogens is 241 g/mol. The van der Waals surface area contributed by atoms with E-state index in [9.17, 15) is 9.18 Å². The standard InChI is InChI=1S/C11H10FN3OS/c12-9-3-1-2-8(10(9)15-13)11(16)14-7-4-5-17-6-7/h1-6,15H,13H2,(H,14,16). The number of hydrazine groups is 1. The Balaban J connectivity index is 2.28. The summed E-state index contributed by atoms with van der Waals surface area (Å²) >= 11 is 1.46. The topological polar surface area (TPSA) is 67.1 Å². The van der Waals surface area contributed by atoms with E-state index in [1.165, 1.54) is 29.5 Å². The maximum Gasteiger partial charge on any atom is 0.257 e. The summed E-state index contributed by atoms with van der Waals surface area (Å²) in [4.78, 5) is 11.9. The van der Waals surface area contributed by atoms with E-state index in [0.29, 0.717) is 5.69 Å². The lowest BCUT2D eigenvalue weighted by Gasteiger charge is -2.09. The highest BCUT2D eigenvalue weighted by Gasteiger charge is 2.14. The molecule has 1 aromatic carbocycles. The Hall–Kier alpha value is -1.92. The largest absolute Gasteiger partial charge is 0.321 e. The first-order valence-corrected chi connectivity index (χ1v) is 5.75. The summed E-state index contributed by atoms with van der Waals surface area (Å²) in [7, 11) is 0. The molecule has 4 N–H and O–H groups in total. The Morgan fingerprint density at radius 1 is 1.35 bits per heavy atom. The van der Waals surface area contributed by atoms with Crippen LogP contribution in [0.4, 0.5) is 15.8 Å². The molecule has 6 heteroatoms. The van der Waals surface area contributed by atoms with Crippen molar-refractivity contribution >= 4 is 28.6 Å². The molecule has 2 aromatic rings. The van der Waals surface area contributed by atoms with E-state index in [2.05, 4.69) is 10.7 Å². The van der Waals surface area contributed by atoms with Gasteiger partial charge in [-0.1, -0.05) is 6.07 Å². The number of nitrogen functional groups attached to an aromatic ring is 1. The van der Waals surface area contributed by atoms with E-state index in [1.54, 1.807) is 11.4 Å². The van der Waals surface area contributed by atoms with Crippen molar-refractivity contribution in [3.63, 3.8) is 0 Å². The van der Waals surface area contributed by atoms with Crippen LogP contribution in [0.3, 0.4) is 0 Å². The average molecular weight is 251 g/mol. The van der Waals surface area contributed by atoms with Crippen LogP contribution in [0.15, 0.2) is 35.0 Å². The lowest BCUT2D eigenvalue weighted by molar-refractivity contribution is 0.102. The summed E-state index contributed by atoms with van der Waals surface area (Å²) in [6, 6.07) is 5.95. The number of thiophene rings is 1. The van der Waals surface area contributed by atoms with Gasteiger partial charge >= 0.3 is 0 Å². The number of hydrogen-bond acceptors (Lipinski definition) is 4. The van der Waals surface area contributed by atoms with Crippen LogP contribution in [-0.4, -0.2) is 5.91 Å². The summed E-state index contributed by atoms with van der Waals surface area (Å²) in [5.74, 6) is 4.22. The summed E-state index contributed by atoms with van der Waals surface area (Å²) in [5, 5.41) is 6.27. The van der Waals surface area contributed by atoms with Crippen LogP contribution < -0.4 is 16.6 Å². The third-order valence-corrected chi connectivity index (χ3v) is 2.86. The van der Waals surface area contributed by atoms with Gasteiger partial charge in [-0.3, -0.25) is 10.6 Å². The van der Waals surface area contributed by atoms with E-state index in [-0.39, 0.29) is 11.3 Å². The zero-order chi connectivity index (χ0) is 12.3. The summed E-state index contributed by atoms with van der Waals surface area (Å²) < 4.78 is 13.4.